The summed E-state index contributed by atoms with van der Waals surface area (Å²) >= 11 is 0. The van der Waals surface area contributed by atoms with Gasteiger partial charge in [0.15, 0.2) is 0 Å². The Kier molecular flexibility index (Phi) is 4.32. The number of benzene rings is 1. The molecular weight excluding hydrogens is 344 g/mol. The van der Waals surface area contributed by atoms with E-state index in [0.717, 1.165) is 44.1 Å². The van der Waals surface area contributed by atoms with Crippen molar-refractivity contribution in [2.45, 2.75) is 56.7 Å². The van der Waals surface area contributed by atoms with Crippen molar-refractivity contribution in [1.82, 2.24) is 20.9 Å². The fraction of sp³-hybridized carbons (Fsp3) is 0.550. The molecule has 0 bridgehead atoms. The average molecular weight is 370 g/mol. The second-order valence-corrected chi connectivity index (χ2v) is 8.32. The molecule has 144 valence electrons. The highest BCUT2D eigenvalue weighted by molar-refractivity contribution is 6.07. The van der Waals surface area contributed by atoms with Crippen molar-refractivity contribution >= 4 is 18.0 Å². The Morgan fingerprint density at radius 1 is 1.19 bits per heavy atom. The van der Waals surface area contributed by atoms with Crippen molar-refractivity contribution in [2.75, 3.05) is 7.05 Å². The Bertz CT molecular complexity index is 748. The van der Waals surface area contributed by atoms with Crippen LogP contribution in [0.2, 0.25) is 0 Å². The number of nitrogens with one attached hydrogen (secondary N) is 3. The Labute approximate surface area is 158 Å². The van der Waals surface area contributed by atoms with E-state index in [1.165, 1.54) is 11.9 Å². The highest BCUT2D eigenvalue weighted by atomic mass is 16.2. The predicted molar refractivity (Wildman–Crippen MR) is 99.8 cm³/mol. The summed E-state index contributed by atoms with van der Waals surface area (Å²) in [5, 5.41) is 8.84. The molecule has 7 nitrogen and oxygen atoms in total. The summed E-state index contributed by atoms with van der Waals surface area (Å²) in [6.07, 6.45) is 5.22. The van der Waals surface area contributed by atoms with Crippen LogP contribution in [-0.4, -0.2) is 41.5 Å². The Hall–Kier alpha value is -2.57. The summed E-state index contributed by atoms with van der Waals surface area (Å²) in [6, 6.07) is 9.57. The van der Waals surface area contributed by atoms with Crippen molar-refractivity contribution in [1.29, 1.82) is 0 Å². The second-order valence-electron chi connectivity index (χ2n) is 8.32. The minimum atomic E-state index is -0.668. The Morgan fingerprint density at radius 2 is 1.85 bits per heavy atom. The molecule has 1 aliphatic heterocycles. The third-order valence-electron chi connectivity index (χ3n) is 6.40. The van der Waals surface area contributed by atoms with Crippen LogP contribution in [0.1, 0.15) is 44.1 Å². The van der Waals surface area contributed by atoms with Crippen LogP contribution in [0.5, 0.6) is 0 Å². The first kappa shape index (κ1) is 17.8. The maximum Gasteiger partial charge on any atom is 0.324 e. The number of imide groups is 1. The average Bonchev–Trinajstić information content (AvgIpc) is 2.86. The molecule has 0 atom stereocenters. The topological polar surface area (TPSA) is 90.5 Å². The molecule has 0 unspecified atom stereocenters. The van der Waals surface area contributed by atoms with Crippen molar-refractivity contribution in [3.63, 3.8) is 0 Å². The zero-order chi connectivity index (χ0) is 19.1. The lowest BCUT2D eigenvalue weighted by molar-refractivity contribution is -0.141. The van der Waals surface area contributed by atoms with Gasteiger partial charge in [-0.3, -0.25) is 9.69 Å². The SMILES string of the molecule is CN1C(=O)NC2(CC3(CCC(NC(=O)NCc4ccccc4)CC3)C2)C1=O. The molecule has 1 aromatic carbocycles. The highest BCUT2D eigenvalue weighted by Crippen LogP contribution is 2.58. The number of hydrogen-bond donors (Lipinski definition) is 3. The molecule has 3 aliphatic rings. The van der Waals surface area contributed by atoms with Crippen molar-refractivity contribution in [3.8, 4) is 0 Å². The second kappa shape index (κ2) is 6.55. The zero-order valence-electron chi connectivity index (χ0n) is 15.6. The van der Waals surface area contributed by atoms with Gasteiger partial charge in [-0.1, -0.05) is 30.3 Å². The van der Waals surface area contributed by atoms with Crippen molar-refractivity contribution in [2.24, 2.45) is 5.41 Å². The number of urea groups is 2. The van der Waals surface area contributed by atoms with E-state index in [4.69, 9.17) is 0 Å². The van der Waals surface area contributed by atoms with E-state index in [1.54, 1.807) is 0 Å². The summed E-state index contributed by atoms with van der Waals surface area (Å²) in [5.41, 5.74) is 0.537. The van der Waals surface area contributed by atoms with Crippen LogP contribution in [0.25, 0.3) is 0 Å². The Morgan fingerprint density at radius 3 is 2.44 bits per heavy atom. The molecule has 0 radical (unpaired) electrons. The number of carbonyl (C=O) groups excluding carboxylic acids is 3. The van der Waals surface area contributed by atoms with Crippen molar-refractivity contribution < 1.29 is 14.4 Å². The van der Waals surface area contributed by atoms with Gasteiger partial charge in [0.1, 0.15) is 5.54 Å². The first-order valence-corrected chi connectivity index (χ1v) is 9.60. The van der Waals surface area contributed by atoms with Gasteiger partial charge in [0.25, 0.3) is 5.91 Å². The molecule has 2 aliphatic carbocycles. The van der Waals surface area contributed by atoms with Crippen LogP contribution in [-0.2, 0) is 11.3 Å². The Balaban J connectivity index is 1.23. The number of hydrogen-bond acceptors (Lipinski definition) is 3. The quantitative estimate of drug-likeness (QED) is 0.712. The molecule has 1 aromatic rings. The molecular formula is C20H26N4O3. The summed E-state index contributed by atoms with van der Waals surface area (Å²) < 4.78 is 0. The molecule has 7 heteroatoms. The number of likely N-dealkylation sites (N-methyl/N-ethyl adjacent to an activating group) is 1. The van der Waals surface area contributed by atoms with Crippen LogP contribution >= 0.6 is 0 Å². The van der Waals surface area contributed by atoms with E-state index in [-0.39, 0.29) is 29.4 Å². The lowest BCUT2D eigenvalue weighted by atomic mass is 9.51. The standard InChI is InChI=1S/C20H26N4O3/c1-24-16(25)20(23-18(24)27)12-19(13-20)9-7-15(8-10-19)22-17(26)21-11-14-5-3-2-4-6-14/h2-6,15H,7-13H2,1H3,(H,23,27)(H2,21,22,26). The number of nitrogens with zero attached hydrogens (tertiary/aromatic N) is 1. The van der Waals surface area contributed by atoms with Crippen LogP contribution in [0.3, 0.4) is 0 Å². The van der Waals surface area contributed by atoms with E-state index in [1.807, 2.05) is 30.3 Å². The maximum atomic E-state index is 12.3. The summed E-state index contributed by atoms with van der Waals surface area (Å²) in [6.45, 7) is 0.515. The van der Waals surface area contributed by atoms with Crippen LogP contribution in [0, 0.1) is 5.41 Å². The number of carbonyl (C=O) groups is 3. The largest absolute Gasteiger partial charge is 0.335 e. The molecule has 1 heterocycles. The van der Waals surface area contributed by atoms with Gasteiger partial charge in [0, 0.05) is 19.6 Å². The van der Waals surface area contributed by atoms with Crippen LogP contribution in [0.15, 0.2) is 30.3 Å². The van der Waals surface area contributed by atoms with E-state index in [9.17, 15) is 14.4 Å². The minimum absolute atomic E-state index is 0.0985. The molecule has 3 fully saturated rings. The van der Waals surface area contributed by atoms with Gasteiger partial charge in [-0.15, -0.1) is 0 Å². The molecule has 0 aromatic heterocycles. The maximum absolute atomic E-state index is 12.3. The van der Waals surface area contributed by atoms with Gasteiger partial charge in [0.05, 0.1) is 0 Å². The van der Waals surface area contributed by atoms with Gasteiger partial charge in [-0.25, -0.2) is 9.59 Å². The molecule has 1 saturated heterocycles. The van der Waals surface area contributed by atoms with Gasteiger partial charge < -0.3 is 16.0 Å². The normalized spacial score (nSPS) is 32.3. The van der Waals surface area contributed by atoms with Gasteiger partial charge in [-0.2, -0.15) is 0 Å². The number of rotatable bonds is 3. The summed E-state index contributed by atoms with van der Waals surface area (Å²) in [5.74, 6) is -0.0985. The monoisotopic (exact) mass is 370 g/mol. The highest BCUT2D eigenvalue weighted by Gasteiger charge is 2.64. The van der Waals surface area contributed by atoms with E-state index in [2.05, 4.69) is 16.0 Å². The predicted octanol–water partition coefficient (Wildman–Crippen LogP) is 2.13. The smallest absolute Gasteiger partial charge is 0.324 e. The summed E-state index contributed by atoms with van der Waals surface area (Å²) in [4.78, 5) is 37.4. The first-order valence-electron chi connectivity index (χ1n) is 9.60. The van der Waals surface area contributed by atoms with Gasteiger partial charge >= 0.3 is 12.1 Å². The van der Waals surface area contributed by atoms with E-state index >= 15 is 0 Å². The van der Waals surface area contributed by atoms with Gasteiger partial charge in [0.2, 0.25) is 0 Å². The first-order chi connectivity index (χ1) is 12.9. The molecule has 2 spiro atoms. The molecule has 3 N–H and O–H groups in total. The fourth-order valence-electron chi connectivity index (χ4n) is 4.97. The van der Waals surface area contributed by atoms with Crippen molar-refractivity contribution in [3.05, 3.63) is 35.9 Å². The molecule has 5 amide bonds. The van der Waals surface area contributed by atoms with Gasteiger partial charge in [-0.05, 0) is 49.5 Å². The van der Waals surface area contributed by atoms with Crippen LogP contribution < -0.4 is 16.0 Å². The lowest BCUT2D eigenvalue weighted by Crippen LogP contribution is -2.63. The number of amides is 5. The third kappa shape index (κ3) is 3.26. The molecule has 2 saturated carbocycles. The van der Waals surface area contributed by atoms with Crippen LogP contribution in [0.4, 0.5) is 9.59 Å². The van der Waals surface area contributed by atoms with E-state index < -0.39 is 5.54 Å². The van der Waals surface area contributed by atoms with E-state index in [0.29, 0.717) is 6.54 Å². The third-order valence-corrected chi connectivity index (χ3v) is 6.40. The zero-order valence-corrected chi connectivity index (χ0v) is 15.6. The minimum Gasteiger partial charge on any atom is -0.335 e. The fourth-order valence-corrected chi connectivity index (χ4v) is 4.97. The summed E-state index contributed by atoms with van der Waals surface area (Å²) in [7, 11) is 1.53. The molecule has 4 rings (SSSR count). The lowest BCUT2D eigenvalue weighted by Gasteiger charge is -2.55. The molecule has 27 heavy (non-hydrogen) atoms.